The molecule has 2 saturated heterocycles. The lowest BCUT2D eigenvalue weighted by Gasteiger charge is -2.42. The van der Waals surface area contributed by atoms with Gasteiger partial charge in [0.2, 0.25) is 0 Å². The summed E-state index contributed by atoms with van der Waals surface area (Å²) in [6.07, 6.45) is -1.50. The summed E-state index contributed by atoms with van der Waals surface area (Å²) >= 11 is 0. The zero-order valence-electron chi connectivity index (χ0n) is 21.5. The molecular formula is C27H34N6O4. The Bertz CT molecular complexity index is 1170. The number of imide groups is 1. The highest BCUT2D eigenvalue weighted by Crippen LogP contribution is 2.29. The summed E-state index contributed by atoms with van der Waals surface area (Å²) < 4.78 is 5.83. The van der Waals surface area contributed by atoms with E-state index in [0.717, 1.165) is 23.6 Å². The third-order valence-corrected chi connectivity index (χ3v) is 7.22. The number of β-amino-alcohol motifs (C(OH)–C–C–N with tert-alkyl or cyclic N) is 1. The predicted octanol–water partition coefficient (Wildman–Crippen LogP) is 1.45. The number of piperazine rings is 1. The van der Waals surface area contributed by atoms with Gasteiger partial charge < -0.3 is 29.4 Å². The number of guanidine groups is 1. The zero-order valence-corrected chi connectivity index (χ0v) is 21.5. The number of ether oxygens (including phenoxy) is 1. The lowest BCUT2D eigenvalue weighted by atomic mass is 10.1. The molecular weight excluding hydrogens is 472 g/mol. The topological polar surface area (TPSA) is 92.2 Å². The van der Waals surface area contributed by atoms with Crippen molar-refractivity contribution in [2.45, 2.75) is 25.2 Å². The standard InChI is InChI=1S/C27H34N6O4/c1-19-8-7-11-22(16-19)37-18-21(34)17-33-23-24(29(2)27(36)30(3)25(23)35)28-26(33)32-14-12-31(13-15-32)20-9-5-4-6-10-20/h4-11,16,21,23-24,34H,12-15,17-18H2,1-3H3. The van der Waals surface area contributed by atoms with Crippen molar-refractivity contribution in [3.8, 4) is 5.75 Å². The largest absolute Gasteiger partial charge is 0.491 e. The van der Waals surface area contributed by atoms with Crippen molar-refractivity contribution in [2.24, 2.45) is 4.99 Å². The third kappa shape index (κ3) is 4.93. The van der Waals surface area contributed by atoms with E-state index in [9.17, 15) is 14.7 Å². The molecule has 10 heteroatoms. The van der Waals surface area contributed by atoms with Crippen LogP contribution in [-0.2, 0) is 4.79 Å². The molecule has 3 unspecified atom stereocenters. The second kappa shape index (κ2) is 10.3. The fraction of sp³-hybridized carbons (Fsp3) is 0.444. The summed E-state index contributed by atoms with van der Waals surface area (Å²) in [5.74, 6) is 1.00. The number of aliphatic hydroxyl groups excluding tert-OH is 1. The zero-order chi connectivity index (χ0) is 26.1. The summed E-state index contributed by atoms with van der Waals surface area (Å²) in [5.41, 5.74) is 2.24. The van der Waals surface area contributed by atoms with Gasteiger partial charge in [-0.2, -0.15) is 0 Å². The molecule has 3 aliphatic rings. The lowest BCUT2D eigenvalue weighted by Crippen LogP contribution is -2.65. The summed E-state index contributed by atoms with van der Waals surface area (Å²) in [6, 6.07) is 16.9. The van der Waals surface area contributed by atoms with Crippen LogP contribution in [0.1, 0.15) is 5.56 Å². The van der Waals surface area contributed by atoms with E-state index >= 15 is 0 Å². The first-order valence-electron chi connectivity index (χ1n) is 12.6. The average Bonchev–Trinajstić information content (AvgIpc) is 3.29. The van der Waals surface area contributed by atoms with Gasteiger partial charge in [0.15, 0.2) is 18.2 Å². The minimum Gasteiger partial charge on any atom is -0.491 e. The molecule has 2 aromatic carbocycles. The van der Waals surface area contributed by atoms with Crippen LogP contribution < -0.4 is 9.64 Å². The van der Waals surface area contributed by atoms with Crippen molar-refractivity contribution in [3.05, 3.63) is 60.2 Å². The normalized spacial score (nSPS) is 22.8. The van der Waals surface area contributed by atoms with Crippen LogP contribution in [0.2, 0.25) is 0 Å². The molecule has 0 aliphatic carbocycles. The number of benzene rings is 2. The molecule has 37 heavy (non-hydrogen) atoms. The van der Waals surface area contributed by atoms with E-state index in [-0.39, 0.29) is 25.1 Å². The van der Waals surface area contributed by atoms with Gasteiger partial charge in [-0.25, -0.2) is 9.79 Å². The number of aryl methyl sites for hydroxylation is 1. The molecule has 1 N–H and O–H groups in total. The van der Waals surface area contributed by atoms with Crippen LogP contribution in [0.4, 0.5) is 10.5 Å². The van der Waals surface area contributed by atoms with Crippen molar-refractivity contribution in [3.63, 3.8) is 0 Å². The number of urea groups is 1. The Hall–Kier alpha value is -3.79. The number of para-hydroxylation sites is 1. The average molecular weight is 507 g/mol. The monoisotopic (exact) mass is 506 g/mol. The predicted molar refractivity (Wildman–Crippen MR) is 141 cm³/mol. The minimum atomic E-state index is -0.865. The van der Waals surface area contributed by atoms with Gasteiger partial charge in [0.25, 0.3) is 5.91 Å². The van der Waals surface area contributed by atoms with E-state index in [1.807, 2.05) is 54.3 Å². The summed E-state index contributed by atoms with van der Waals surface area (Å²) in [6.45, 7) is 5.23. The van der Waals surface area contributed by atoms with Crippen molar-refractivity contribution in [1.82, 2.24) is 19.6 Å². The lowest BCUT2D eigenvalue weighted by molar-refractivity contribution is -0.136. The number of aliphatic imine (C=N–C) groups is 1. The Kier molecular flexibility index (Phi) is 6.92. The SMILES string of the molecule is Cc1cccc(OCC(O)CN2C(N3CCN(c4ccccc4)CC3)=NC3C2C(=O)N(C)C(=O)N3C)c1. The summed E-state index contributed by atoms with van der Waals surface area (Å²) in [4.78, 5) is 39.7. The number of nitrogens with zero attached hydrogens (tertiary/aromatic N) is 6. The molecule has 0 radical (unpaired) electrons. The van der Waals surface area contributed by atoms with Gasteiger partial charge in [0.05, 0.1) is 6.54 Å². The van der Waals surface area contributed by atoms with E-state index in [2.05, 4.69) is 21.9 Å². The fourth-order valence-corrected chi connectivity index (χ4v) is 5.19. The number of hydrogen-bond donors (Lipinski definition) is 1. The molecule has 0 aromatic heterocycles. The van der Waals surface area contributed by atoms with E-state index in [1.54, 1.807) is 7.05 Å². The van der Waals surface area contributed by atoms with Crippen LogP contribution in [0.5, 0.6) is 5.75 Å². The van der Waals surface area contributed by atoms with Crippen LogP contribution in [0.25, 0.3) is 0 Å². The van der Waals surface area contributed by atoms with Crippen molar-refractivity contribution < 1.29 is 19.4 Å². The molecule has 3 aliphatic heterocycles. The van der Waals surface area contributed by atoms with Crippen LogP contribution >= 0.6 is 0 Å². The molecule has 2 fully saturated rings. The van der Waals surface area contributed by atoms with E-state index in [0.29, 0.717) is 24.8 Å². The van der Waals surface area contributed by atoms with Crippen molar-refractivity contribution >= 4 is 23.6 Å². The summed E-state index contributed by atoms with van der Waals surface area (Å²) in [7, 11) is 3.15. The number of fused-ring (bicyclic) bond motifs is 1. The highest BCUT2D eigenvalue weighted by atomic mass is 16.5. The van der Waals surface area contributed by atoms with Gasteiger partial charge in [-0.05, 0) is 36.8 Å². The van der Waals surface area contributed by atoms with Crippen LogP contribution in [0, 0.1) is 6.92 Å². The Morgan fingerprint density at radius 2 is 1.70 bits per heavy atom. The maximum atomic E-state index is 13.3. The van der Waals surface area contributed by atoms with Gasteiger partial charge >= 0.3 is 6.03 Å². The first-order chi connectivity index (χ1) is 17.8. The quantitative estimate of drug-likeness (QED) is 0.634. The highest BCUT2D eigenvalue weighted by Gasteiger charge is 2.52. The molecule has 2 aromatic rings. The number of likely N-dealkylation sites (N-methyl/N-ethyl adjacent to an activating group) is 2. The van der Waals surface area contributed by atoms with E-state index < -0.39 is 18.3 Å². The fourth-order valence-electron chi connectivity index (χ4n) is 5.19. The number of carbonyl (C=O) groups excluding carboxylic acids is 2. The molecule has 3 atom stereocenters. The summed E-state index contributed by atoms with van der Waals surface area (Å²) in [5, 5.41) is 11.0. The number of carbonyl (C=O) groups is 2. The first kappa shape index (κ1) is 24.9. The van der Waals surface area contributed by atoms with Crippen molar-refractivity contribution in [1.29, 1.82) is 0 Å². The van der Waals surface area contributed by atoms with E-state index in [1.165, 1.54) is 17.6 Å². The first-order valence-corrected chi connectivity index (χ1v) is 12.6. The minimum absolute atomic E-state index is 0.0746. The van der Waals surface area contributed by atoms with Crippen LogP contribution in [0.15, 0.2) is 59.6 Å². The van der Waals surface area contributed by atoms with Gasteiger partial charge in [-0.15, -0.1) is 0 Å². The Balaban J connectivity index is 1.33. The van der Waals surface area contributed by atoms with Gasteiger partial charge in [-0.1, -0.05) is 30.3 Å². The highest BCUT2D eigenvalue weighted by molar-refractivity contribution is 6.03. The third-order valence-electron chi connectivity index (χ3n) is 7.22. The van der Waals surface area contributed by atoms with E-state index in [4.69, 9.17) is 9.73 Å². The Labute approximate surface area is 217 Å². The second-order valence-electron chi connectivity index (χ2n) is 9.82. The molecule has 10 nitrogen and oxygen atoms in total. The number of hydrogen-bond acceptors (Lipinski definition) is 8. The molecule has 196 valence electrons. The van der Waals surface area contributed by atoms with Gasteiger partial charge in [0, 0.05) is 46.0 Å². The number of aliphatic hydroxyl groups is 1. The molecule has 0 saturated carbocycles. The molecule has 5 rings (SSSR count). The molecule has 3 heterocycles. The van der Waals surface area contributed by atoms with Crippen molar-refractivity contribution in [2.75, 3.05) is 58.3 Å². The molecule has 0 spiro atoms. The Morgan fingerprint density at radius 3 is 2.41 bits per heavy atom. The number of anilines is 1. The smallest absolute Gasteiger partial charge is 0.328 e. The maximum Gasteiger partial charge on any atom is 0.328 e. The van der Waals surface area contributed by atoms with Gasteiger partial charge in [-0.3, -0.25) is 9.69 Å². The molecule has 3 amide bonds. The van der Waals surface area contributed by atoms with Gasteiger partial charge in [0.1, 0.15) is 18.5 Å². The second-order valence-corrected chi connectivity index (χ2v) is 9.82. The molecule has 0 bridgehead atoms. The number of rotatable bonds is 6. The van der Waals surface area contributed by atoms with Crippen LogP contribution in [0.3, 0.4) is 0 Å². The van der Waals surface area contributed by atoms with Crippen LogP contribution in [-0.4, -0.2) is 114 Å². The number of amides is 3. The Morgan fingerprint density at radius 1 is 1.00 bits per heavy atom. The maximum absolute atomic E-state index is 13.3.